The van der Waals surface area contributed by atoms with Crippen molar-refractivity contribution in [1.82, 2.24) is 4.60 Å². The number of hydrogen-bond acceptors (Lipinski definition) is 6. The Morgan fingerprint density at radius 1 is 0.538 bits per heavy atom. The van der Waals surface area contributed by atoms with Crippen molar-refractivity contribution in [3.8, 4) is 17.2 Å². The topological polar surface area (TPSA) is 52.5 Å². The predicted molar refractivity (Wildman–Crippen MR) is 226 cm³/mol. The second-order valence-corrected chi connectivity index (χ2v) is 23.0. The van der Waals surface area contributed by atoms with Gasteiger partial charge in [-0.05, 0) is 105 Å². The van der Waals surface area contributed by atoms with Crippen molar-refractivity contribution >= 4 is 26.0 Å². The molecule has 3 rings (SSSR count). The first-order chi connectivity index (χ1) is 23.8. The second kappa shape index (κ2) is 17.6. The fraction of sp³-hybridized carbons (Fsp3) is 0.581. The van der Waals surface area contributed by atoms with E-state index in [4.69, 9.17) is 22.9 Å². The van der Waals surface area contributed by atoms with Crippen molar-refractivity contribution in [2.75, 3.05) is 7.11 Å². The number of benzene rings is 3. The molecule has 0 spiro atoms. The fourth-order valence-electron chi connectivity index (χ4n) is 7.71. The molecule has 2 atom stereocenters. The van der Waals surface area contributed by atoms with E-state index >= 15 is 0 Å². The Labute approximate surface area is 322 Å². The molecule has 0 aromatic heterocycles. The maximum Gasteiger partial charge on any atom is 0.337 e. The Bertz CT molecular complexity index is 1570. The first kappa shape index (κ1) is 44.3. The summed E-state index contributed by atoms with van der Waals surface area (Å²) in [5, 5.41) is 0. The molecule has 0 saturated heterocycles. The van der Waals surface area contributed by atoms with Gasteiger partial charge in [0.1, 0.15) is 17.2 Å². The van der Waals surface area contributed by atoms with Gasteiger partial charge < -0.3 is 13.6 Å². The zero-order valence-corrected chi connectivity index (χ0v) is 37.8. The quantitative estimate of drug-likeness (QED) is 0.107. The molecule has 9 heteroatoms. The van der Waals surface area contributed by atoms with Crippen molar-refractivity contribution in [1.29, 1.82) is 0 Å². The van der Waals surface area contributed by atoms with Crippen molar-refractivity contribution in [2.45, 2.75) is 139 Å². The molecule has 3 aromatic carbocycles. The lowest BCUT2D eigenvalue weighted by Gasteiger charge is -2.33. The SMILES string of the molecule is CON(POc1ccc(C(C)(C)CC(C)(C)C)cc1)P(N=POc1ccc(C(C)(C)CC(C)(C)C)cc1)Oc1ccc(C(C)(C)CC(C)(C)C)cc1. The molecule has 52 heavy (non-hydrogen) atoms. The molecule has 0 amide bonds. The van der Waals surface area contributed by atoms with Crippen LogP contribution in [0.25, 0.3) is 0 Å². The Morgan fingerprint density at radius 3 is 1.23 bits per heavy atom. The van der Waals surface area contributed by atoms with Crippen molar-refractivity contribution in [2.24, 2.45) is 20.8 Å². The lowest BCUT2D eigenvalue weighted by Crippen LogP contribution is -2.24. The Morgan fingerprint density at radius 2 is 0.885 bits per heavy atom. The maximum atomic E-state index is 6.52. The van der Waals surface area contributed by atoms with Crippen LogP contribution in [-0.2, 0) is 21.1 Å². The highest BCUT2D eigenvalue weighted by Gasteiger charge is 2.30. The van der Waals surface area contributed by atoms with Crippen LogP contribution in [0, 0.1) is 16.2 Å². The first-order valence-corrected chi connectivity index (χ1v) is 21.2. The third-order valence-corrected chi connectivity index (χ3v) is 12.3. The number of rotatable bonds is 16. The van der Waals surface area contributed by atoms with Crippen LogP contribution in [0.5, 0.6) is 17.2 Å². The molecule has 0 bridgehead atoms. The summed E-state index contributed by atoms with van der Waals surface area (Å²) in [7, 11) is 0.194. The van der Waals surface area contributed by atoms with Crippen molar-refractivity contribution < 1.29 is 18.4 Å². The number of hydrogen-bond donors (Lipinski definition) is 0. The summed E-state index contributed by atoms with van der Waals surface area (Å²) in [4.78, 5) is 5.84. The fourth-order valence-corrected chi connectivity index (χ4v) is 10.6. The van der Waals surface area contributed by atoms with Crippen LogP contribution in [0.2, 0.25) is 0 Å². The molecule has 0 N–H and O–H groups in total. The summed E-state index contributed by atoms with van der Waals surface area (Å²) in [5.41, 5.74) is 4.68. The zero-order chi connectivity index (χ0) is 39.2. The van der Waals surface area contributed by atoms with E-state index in [2.05, 4.69) is 140 Å². The van der Waals surface area contributed by atoms with E-state index in [1.54, 1.807) is 11.7 Å². The summed E-state index contributed by atoms with van der Waals surface area (Å²) in [6.45, 7) is 34.4. The highest BCUT2D eigenvalue weighted by molar-refractivity contribution is 7.60. The zero-order valence-electron chi connectivity index (χ0n) is 35.0. The van der Waals surface area contributed by atoms with Crippen molar-refractivity contribution in [3.05, 3.63) is 89.5 Å². The van der Waals surface area contributed by atoms with Crippen molar-refractivity contribution in [3.63, 3.8) is 0 Å². The van der Waals surface area contributed by atoms with E-state index in [-0.39, 0.29) is 41.4 Å². The smallest absolute Gasteiger partial charge is 0.337 e. The molecule has 0 fully saturated rings. The average molecular weight is 769 g/mol. The van der Waals surface area contributed by atoms with Gasteiger partial charge in [-0.3, -0.25) is 4.84 Å². The van der Waals surface area contributed by atoms with Gasteiger partial charge in [-0.15, -0.1) is 4.52 Å². The van der Waals surface area contributed by atoms with E-state index in [9.17, 15) is 0 Å². The monoisotopic (exact) mass is 768 g/mol. The minimum absolute atomic E-state index is 0.0289. The van der Waals surface area contributed by atoms with E-state index in [0.717, 1.165) is 30.8 Å². The predicted octanol–water partition coefficient (Wildman–Crippen LogP) is 15.0. The van der Waals surface area contributed by atoms with Gasteiger partial charge in [-0.1, -0.05) is 145 Å². The molecule has 0 aliphatic carbocycles. The van der Waals surface area contributed by atoms with E-state index < -0.39 is 8.45 Å². The highest BCUT2D eigenvalue weighted by Crippen LogP contribution is 2.53. The van der Waals surface area contributed by atoms with Gasteiger partial charge in [-0.2, -0.15) is 0 Å². The second-order valence-electron chi connectivity index (χ2n) is 19.7. The standard InChI is InChI=1S/C43H67N2O4P3/c1-38(2,3)29-41(10,11)32-17-23-35(24-18-32)47-50-44-52(49-37-27-21-34(22-28-37)43(14,15)31-40(7,8)9)45(46-16)51-48-36-25-19-33(20-26-36)42(12,13)30-39(4,5)6/h17-28,51H,29-31H2,1-16H3. The lowest BCUT2D eigenvalue weighted by atomic mass is 9.72. The van der Waals surface area contributed by atoms with Crippen LogP contribution in [0.3, 0.4) is 0 Å². The highest BCUT2D eigenvalue weighted by atomic mass is 31.2. The van der Waals surface area contributed by atoms with Gasteiger partial charge >= 0.3 is 8.45 Å². The lowest BCUT2D eigenvalue weighted by molar-refractivity contribution is 0.0281. The van der Waals surface area contributed by atoms with Gasteiger partial charge in [0.05, 0.1) is 7.11 Å². The van der Waals surface area contributed by atoms with E-state index in [1.165, 1.54) is 16.7 Å². The molecule has 288 valence electrons. The van der Waals surface area contributed by atoms with Gasteiger partial charge in [0.2, 0.25) is 0 Å². The minimum atomic E-state index is -1.65. The normalized spacial score (nSPS) is 14.4. The first-order valence-electron chi connectivity index (χ1n) is 18.4. The molecule has 0 aliphatic heterocycles. The molecule has 2 unspecified atom stereocenters. The molecule has 0 heterocycles. The molecule has 6 nitrogen and oxygen atoms in total. The van der Waals surface area contributed by atoms with E-state index in [1.807, 2.05) is 36.4 Å². The van der Waals surface area contributed by atoms with E-state index in [0.29, 0.717) is 14.3 Å². The van der Waals surface area contributed by atoms with Gasteiger partial charge in [0, 0.05) is 0 Å². The largest absolute Gasteiger partial charge is 0.458 e. The van der Waals surface area contributed by atoms with Gasteiger partial charge in [0.15, 0.2) is 8.96 Å². The minimum Gasteiger partial charge on any atom is -0.458 e. The van der Waals surface area contributed by atoms with Crippen LogP contribution in [0.1, 0.15) is 140 Å². The van der Waals surface area contributed by atoms with Crippen LogP contribution in [-0.4, -0.2) is 11.7 Å². The summed E-state index contributed by atoms with van der Waals surface area (Å²) >= 11 is 0. The van der Waals surface area contributed by atoms with Crippen LogP contribution < -0.4 is 13.6 Å². The van der Waals surface area contributed by atoms with Crippen LogP contribution in [0.15, 0.2) is 77.3 Å². The Hall–Kier alpha value is -2.06. The molecule has 0 aliphatic rings. The molecule has 0 saturated carbocycles. The summed E-state index contributed by atoms with van der Waals surface area (Å²) in [5.74, 6) is 2.22. The van der Waals surface area contributed by atoms with Gasteiger partial charge in [0.25, 0.3) is 8.60 Å². The Balaban J connectivity index is 1.81. The maximum absolute atomic E-state index is 6.52. The average Bonchev–Trinajstić information content (AvgIpc) is 2.98. The van der Waals surface area contributed by atoms with Crippen LogP contribution >= 0.6 is 26.0 Å². The summed E-state index contributed by atoms with van der Waals surface area (Å²) in [6.07, 6.45) is 3.23. The molecule has 0 radical (unpaired) electrons. The number of nitrogens with zero attached hydrogens (tertiary/aromatic N) is 2. The van der Waals surface area contributed by atoms with Crippen LogP contribution in [0.4, 0.5) is 0 Å². The third-order valence-electron chi connectivity index (χ3n) is 8.84. The Kier molecular flexibility index (Phi) is 15.0. The molecular weight excluding hydrogens is 701 g/mol. The summed E-state index contributed by atoms with van der Waals surface area (Å²) < 4.78 is 25.4. The molecule has 3 aromatic rings. The third kappa shape index (κ3) is 14.6. The summed E-state index contributed by atoms with van der Waals surface area (Å²) in [6, 6.07) is 25.1. The van der Waals surface area contributed by atoms with Gasteiger partial charge in [-0.25, -0.2) is 0 Å². The molecular formula is C43H67N2O4P3.